The second-order valence-corrected chi connectivity index (χ2v) is 3.37. The summed E-state index contributed by atoms with van der Waals surface area (Å²) in [6.45, 7) is 0. The third-order valence-corrected chi connectivity index (χ3v) is 2.46. The second kappa shape index (κ2) is 3.30. The summed E-state index contributed by atoms with van der Waals surface area (Å²) in [6, 6.07) is 1.64. The molecule has 1 N–H and O–H groups in total. The zero-order valence-electron chi connectivity index (χ0n) is 7.34. The summed E-state index contributed by atoms with van der Waals surface area (Å²) in [6.07, 6.45) is 4.78. The Morgan fingerprint density at radius 1 is 1.64 bits per heavy atom. The number of hydrogen-bond donors (Lipinski definition) is 1. The highest BCUT2D eigenvalue weighted by Crippen LogP contribution is 2.16. The number of thioether (sulfide) groups is 1. The topological polar surface area (TPSA) is 67.5 Å². The van der Waals surface area contributed by atoms with Gasteiger partial charge in [-0.25, -0.2) is 14.3 Å². The molecule has 14 heavy (non-hydrogen) atoms. The zero-order chi connectivity index (χ0) is 10.1. The minimum Gasteiger partial charge on any atom is -0.478 e. The summed E-state index contributed by atoms with van der Waals surface area (Å²) in [7, 11) is 0. The van der Waals surface area contributed by atoms with Crippen LogP contribution in [0.2, 0.25) is 0 Å². The van der Waals surface area contributed by atoms with Crippen molar-refractivity contribution in [2.24, 2.45) is 0 Å². The summed E-state index contributed by atoms with van der Waals surface area (Å²) in [4.78, 5) is 14.9. The van der Waals surface area contributed by atoms with Crippen molar-refractivity contribution < 1.29 is 9.90 Å². The van der Waals surface area contributed by atoms with Gasteiger partial charge in [0.15, 0.2) is 5.16 Å². The minimum absolute atomic E-state index is 0.197. The minimum atomic E-state index is -0.974. The third-order valence-electron chi connectivity index (χ3n) is 1.82. The van der Waals surface area contributed by atoms with Crippen molar-refractivity contribution in [1.29, 1.82) is 0 Å². The molecular formula is C8H7N3O2S. The van der Waals surface area contributed by atoms with Gasteiger partial charge in [0.05, 0.1) is 11.7 Å². The predicted molar refractivity (Wildman–Crippen MR) is 51.7 cm³/mol. The molecule has 2 aromatic rings. The molecule has 72 valence electrons. The van der Waals surface area contributed by atoms with E-state index in [-0.39, 0.29) is 5.56 Å². The van der Waals surface area contributed by atoms with Crippen LogP contribution >= 0.6 is 11.8 Å². The molecule has 0 saturated heterocycles. The molecule has 2 aromatic heterocycles. The van der Waals surface area contributed by atoms with Crippen molar-refractivity contribution in [2.75, 3.05) is 6.26 Å². The van der Waals surface area contributed by atoms with Gasteiger partial charge in [-0.05, 0) is 12.3 Å². The molecule has 0 aliphatic carbocycles. The fourth-order valence-electron chi connectivity index (χ4n) is 1.20. The number of carboxylic acid groups (broad SMARTS) is 1. The van der Waals surface area contributed by atoms with E-state index in [9.17, 15) is 4.79 Å². The van der Waals surface area contributed by atoms with E-state index >= 15 is 0 Å². The van der Waals surface area contributed by atoms with E-state index in [0.717, 1.165) is 0 Å². The fraction of sp³-hybridized carbons (Fsp3) is 0.125. The molecule has 5 nitrogen and oxygen atoms in total. The third kappa shape index (κ3) is 1.24. The first-order chi connectivity index (χ1) is 6.74. The van der Waals surface area contributed by atoms with Gasteiger partial charge in [-0.3, -0.25) is 0 Å². The van der Waals surface area contributed by atoms with E-state index in [2.05, 4.69) is 10.1 Å². The maximum atomic E-state index is 10.8. The quantitative estimate of drug-likeness (QED) is 0.593. The number of aromatic carboxylic acids is 1. The number of carbonyl (C=O) groups is 1. The van der Waals surface area contributed by atoms with Gasteiger partial charge in [-0.2, -0.15) is 5.10 Å². The summed E-state index contributed by atoms with van der Waals surface area (Å²) in [5.74, 6) is -0.974. The van der Waals surface area contributed by atoms with Crippen LogP contribution in [0.4, 0.5) is 0 Å². The van der Waals surface area contributed by atoms with Crippen LogP contribution in [0.15, 0.2) is 23.6 Å². The Balaban J connectivity index is 2.75. The van der Waals surface area contributed by atoms with E-state index in [1.165, 1.54) is 22.5 Å². The van der Waals surface area contributed by atoms with Crippen LogP contribution in [0, 0.1) is 0 Å². The zero-order valence-corrected chi connectivity index (χ0v) is 8.15. The Bertz CT molecular complexity index is 494. The number of hydrogen-bond acceptors (Lipinski definition) is 4. The molecule has 0 aliphatic heterocycles. The SMILES string of the molecule is CSc1nccc2c(C(=O)O)cnn12. The molecule has 0 radical (unpaired) electrons. The molecule has 6 heteroatoms. The standard InChI is InChI=1S/C8H7N3O2S/c1-14-8-9-3-2-6-5(7(12)13)4-10-11(6)8/h2-4H,1H3,(H,12,13). The van der Waals surface area contributed by atoms with Crippen LogP contribution < -0.4 is 0 Å². The summed E-state index contributed by atoms with van der Waals surface area (Å²) < 4.78 is 1.52. The number of nitrogens with zero attached hydrogens (tertiary/aromatic N) is 3. The van der Waals surface area contributed by atoms with Crippen molar-refractivity contribution in [3.8, 4) is 0 Å². The van der Waals surface area contributed by atoms with Gasteiger partial charge in [0.2, 0.25) is 0 Å². The first-order valence-corrected chi connectivity index (χ1v) is 5.06. The van der Waals surface area contributed by atoms with Crippen LogP contribution in [0.25, 0.3) is 5.52 Å². The molecule has 0 spiro atoms. The smallest absolute Gasteiger partial charge is 0.339 e. The van der Waals surface area contributed by atoms with Gasteiger partial charge in [-0.15, -0.1) is 0 Å². The van der Waals surface area contributed by atoms with Gasteiger partial charge >= 0.3 is 5.97 Å². The van der Waals surface area contributed by atoms with Crippen molar-refractivity contribution in [3.63, 3.8) is 0 Å². The maximum absolute atomic E-state index is 10.8. The van der Waals surface area contributed by atoms with E-state index < -0.39 is 5.97 Å². The first-order valence-electron chi connectivity index (χ1n) is 3.84. The molecule has 0 saturated carbocycles. The monoisotopic (exact) mass is 209 g/mol. The Kier molecular flexibility index (Phi) is 2.12. The average molecular weight is 209 g/mol. The normalized spacial score (nSPS) is 10.6. The molecule has 0 amide bonds. The van der Waals surface area contributed by atoms with Gasteiger partial charge in [-0.1, -0.05) is 11.8 Å². The fourth-order valence-corrected chi connectivity index (χ4v) is 1.69. The van der Waals surface area contributed by atoms with Crippen LogP contribution in [0.5, 0.6) is 0 Å². The predicted octanol–water partition coefficient (Wildman–Crippen LogP) is 1.15. The van der Waals surface area contributed by atoms with Gasteiger partial charge in [0, 0.05) is 6.20 Å². The lowest BCUT2D eigenvalue weighted by atomic mass is 10.3. The molecule has 0 fully saturated rings. The highest BCUT2D eigenvalue weighted by atomic mass is 32.2. The number of rotatable bonds is 2. The van der Waals surface area contributed by atoms with E-state index in [1.807, 2.05) is 6.26 Å². The van der Waals surface area contributed by atoms with Crippen LogP contribution in [0.1, 0.15) is 10.4 Å². The molecule has 0 aromatic carbocycles. The molecule has 0 atom stereocenters. The molecule has 2 heterocycles. The Labute approximate surface area is 83.8 Å². The number of carboxylic acids is 1. The highest BCUT2D eigenvalue weighted by molar-refractivity contribution is 7.98. The Hall–Kier alpha value is -1.56. The molecule has 2 rings (SSSR count). The van der Waals surface area contributed by atoms with Gasteiger partial charge < -0.3 is 5.11 Å². The maximum Gasteiger partial charge on any atom is 0.339 e. The summed E-state index contributed by atoms with van der Waals surface area (Å²) >= 11 is 1.42. The number of fused-ring (bicyclic) bond motifs is 1. The Morgan fingerprint density at radius 3 is 3.07 bits per heavy atom. The van der Waals surface area contributed by atoms with Crippen LogP contribution in [0.3, 0.4) is 0 Å². The lowest BCUT2D eigenvalue weighted by Gasteiger charge is -1.98. The van der Waals surface area contributed by atoms with E-state index in [4.69, 9.17) is 5.11 Å². The highest BCUT2D eigenvalue weighted by Gasteiger charge is 2.12. The molecule has 0 bridgehead atoms. The second-order valence-electron chi connectivity index (χ2n) is 2.59. The Morgan fingerprint density at radius 2 is 2.43 bits per heavy atom. The van der Waals surface area contributed by atoms with E-state index in [1.54, 1.807) is 12.3 Å². The first kappa shape index (κ1) is 9.01. The van der Waals surface area contributed by atoms with Gasteiger partial charge in [0.25, 0.3) is 0 Å². The molecule has 0 aliphatic rings. The van der Waals surface area contributed by atoms with Crippen molar-refractivity contribution in [2.45, 2.75) is 5.16 Å². The van der Waals surface area contributed by atoms with E-state index in [0.29, 0.717) is 10.7 Å². The lowest BCUT2D eigenvalue weighted by Crippen LogP contribution is -1.97. The van der Waals surface area contributed by atoms with Gasteiger partial charge in [0.1, 0.15) is 5.56 Å². The molecule has 0 unspecified atom stereocenters. The number of aromatic nitrogens is 3. The summed E-state index contributed by atoms with van der Waals surface area (Å²) in [5, 5.41) is 13.5. The van der Waals surface area contributed by atoms with Crippen molar-refractivity contribution in [1.82, 2.24) is 14.6 Å². The summed E-state index contributed by atoms with van der Waals surface area (Å²) in [5.41, 5.74) is 0.763. The molecular weight excluding hydrogens is 202 g/mol. The largest absolute Gasteiger partial charge is 0.478 e. The van der Waals surface area contributed by atoms with Crippen molar-refractivity contribution >= 4 is 23.2 Å². The van der Waals surface area contributed by atoms with Crippen molar-refractivity contribution in [3.05, 3.63) is 24.0 Å². The lowest BCUT2D eigenvalue weighted by molar-refractivity contribution is 0.0699. The average Bonchev–Trinajstić information content (AvgIpc) is 2.60. The van der Waals surface area contributed by atoms with Crippen LogP contribution in [-0.2, 0) is 0 Å². The van der Waals surface area contributed by atoms with Crippen LogP contribution in [-0.4, -0.2) is 31.9 Å².